The normalized spacial score (nSPS) is 12.3. The van der Waals surface area contributed by atoms with Crippen molar-refractivity contribution in [2.24, 2.45) is 9.98 Å². The maximum Gasteiger partial charge on any atom is 0.0849 e. The smallest absolute Gasteiger partial charge is 0.0849 e. The number of nitrogens with zero attached hydrogens (tertiary/aromatic N) is 3. The van der Waals surface area contributed by atoms with E-state index in [0.29, 0.717) is 0 Å². The minimum absolute atomic E-state index is 0.867. The molecule has 3 heteroatoms. The second kappa shape index (κ2) is 8.09. The Labute approximate surface area is 161 Å². The van der Waals surface area contributed by atoms with Crippen molar-refractivity contribution in [3.8, 4) is 0 Å². The summed E-state index contributed by atoms with van der Waals surface area (Å²) >= 11 is 0. The molecule has 0 spiro atoms. The molecule has 1 aromatic heterocycles. The van der Waals surface area contributed by atoms with Crippen LogP contribution in [0, 0.1) is 20.8 Å². The summed E-state index contributed by atoms with van der Waals surface area (Å²) in [5.41, 5.74) is 9.02. The summed E-state index contributed by atoms with van der Waals surface area (Å²) in [5.74, 6) is 0. The van der Waals surface area contributed by atoms with Crippen LogP contribution < -0.4 is 0 Å². The fraction of sp³-hybridized carbons (Fsp3) is 0.208. The van der Waals surface area contributed by atoms with Gasteiger partial charge in [-0.05, 0) is 69.5 Å². The molecule has 0 fully saturated rings. The fourth-order valence-electron chi connectivity index (χ4n) is 2.97. The molecule has 0 aliphatic heterocycles. The summed E-state index contributed by atoms with van der Waals surface area (Å²) in [7, 11) is 0. The average Bonchev–Trinajstić information content (AvgIpc) is 2.66. The van der Waals surface area contributed by atoms with E-state index in [9.17, 15) is 0 Å². The van der Waals surface area contributed by atoms with Gasteiger partial charge in [0.2, 0.25) is 0 Å². The molecule has 136 valence electrons. The quantitative estimate of drug-likeness (QED) is 0.507. The molecule has 3 rings (SSSR count). The predicted octanol–water partition coefficient (Wildman–Crippen LogP) is 6.29. The zero-order chi connectivity index (χ0) is 19.4. The molecule has 0 amide bonds. The Kier molecular flexibility index (Phi) is 5.60. The highest BCUT2D eigenvalue weighted by Gasteiger charge is 2.07. The molecule has 2 aromatic carbocycles. The highest BCUT2D eigenvalue weighted by molar-refractivity contribution is 6.02. The molecule has 27 heavy (non-hydrogen) atoms. The van der Waals surface area contributed by atoms with Crippen LogP contribution in [-0.2, 0) is 0 Å². The van der Waals surface area contributed by atoms with Gasteiger partial charge in [0.15, 0.2) is 0 Å². The molecule has 0 saturated carbocycles. The number of rotatable bonds is 4. The first-order valence-corrected chi connectivity index (χ1v) is 9.16. The topological polar surface area (TPSA) is 37.6 Å². The predicted molar refractivity (Wildman–Crippen MR) is 115 cm³/mol. The molecule has 3 nitrogen and oxygen atoms in total. The number of hydrogen-bond donors (Lipinski definition) is 0. The van der Waals surface area contributed by atoms with Crippen molar-refractivity contribution in [1.29, 1.82) is 0 Å². The maximum atomic E-state index is 4.84. The minimum atomic E-state index is 0.867. The van der Waals surface area contributed by atoms with Crippen LogP contribution in [0.3, 0.4) is 0 Å². The lowest BCUT2D eigenvalue weighted by Gasteiger charge is -2.08. The number of pyridine rings is 1. The van der Waals surface area contributed by atoms with Gasteiger partial charge in [-0.25, -0.2) is 4.98 Å². The van der Waals surface area contributed by atoms with Crippen LogP contribution >= 0.6 is 0 Å². The van der Waals surface area contributed by atoms with Crippen LogP contribution in [0.4, 0.5) is 11.4 Å². The third-order valence-electron chi connectivity index (χ3n) is 4.61. The molecule has 0 unspecified atom stereocenters. The number of aryl methyl sites for hydroxylation is 3. The minimum Gasteiger partial charge on any atom is -0.251 e. The third-order valence-corrected chi connectivity index (χ3v) is 4.61. The molecule has 0 aliphatic carbocycles. The zero-order valence-corrected chi connectivity index (χ0v) is 16.6. The van der Waals surface area contributed by atoms with E-state index in [0.717, 1.165) is 39.7 Å². The summed E-state index contributed by atoms with van der Waals surface area (Å²) in [5, 5.41) is 0. The van der Waals surface area contributed by atoms with Crippen molar-refractivity contribution in [3.63, 3.8) is 0 Å². The Morgan fingerprint density at radius 2 is 1.15 bits per heavy atom. The van der Waals surface area contributed by atoms with Crippen molar-refractivity contribution < 1.29 is 0 Å². The zero-order valence-electron chi connectivity index (χ0n) is 16.6. The summed E-state index contributed by atoms with van der Waals surface area (Å²) in [6.07, 6.45) is 0. The Morgan fingerprint density at radius 1 is 0.630 bits per heavy atom. The van der Waals surface area contributed by atoms with Crippen molar-refractivity contribution in [1.82, 2.24) is 4.98 Å². The molecule has 0 atom stereocenters. The monoisotopic (exact) mass is 355 g/mol. The third kappa shape index (κ3) is 4.37. The molecule has 0 bridgehead atoms. The standard InChI is InChI=1S/C24H25N3/c1-16-10-6-7-13-21(16)25-19(4)22-14-9-15-23(27-22)20(5)26-24-17(2)11-8-12-18(24)3/h6-15H,1-5H3/b25-19+,26-20+. The molecular formula is C24H25N3. The van der Waals surface area contributed by atoms with Crippen molar-refractivity contribution in [2.45, 2.75) is 34.6 Å². The fourth-order valence-corrected chi connectivity index (χ4v) is 2.97. The molecule has 0 saturated heterocycles. The van der Waals surface area contributed by atoms with E-state index in [-0.39, 0.29) is 0 Å². The number of aliphatic imine (C=N–C) groups is 2. The SMILES string of the molecule is C/C(=N\c1ccccc1C)c1cccc(/C(C)=N/c2c(C)cccc2C)n1. The van der Waals surface area contributed by atoms with Crippen LogP contribution in [0.15, 0.2) is 70.6 Å². The van der Waals surface area contributed by atoms with Crippen LogP contribution in [0.5, 0.6) is 0 Å². The van der Waals surface area contributed by atoms with Gasteiger partial charge >= 0.3 is 0 Å². The van der Waals surface area contributed by atoms with Gasteiger partial charge in [-0.15, -0.1) is 0 Å². The van der Waals surface area contributed by atoms with E-state index in [4.69, 9.17) is 15.0 Å². The summed E-state index contributed by atoms with van der Waals surface area (Å²) < 4.78 is 0. The van der Waals surface area contributed by atoms with Gasteiger partial charge in [0.1, 0.15) is 0 Å². The highest BCUT2D eigenvalue weighted by atomic mass is 14.8. The first-order valence-electron chi connectivity index (χ1n) is 9.16. The van der Waals surface area contributed by atoms with Crippen molar-refractivity contribution >= 4 is 22.8 Å². The van der Waals surface area contributed by atoms with Gasteiger partial charge in [-0.3, -0.25) is 9.98 Å². The molecule has 0 N–H and O–H groups in total. The largest absolute Gasteiger partial charge is 0.251 e. The van der Waals surface area contributed by atoms with E-state index < -0.39 is 0 Å². The highest BCUT2D eigenvalue weighted by Crippen LogP contribution is 2.24. The Morgan fingerprint density at radius 3 is 1.78 bits per heavy atom. The van der Waals surface area contributed by atoms with E-state index in [1.807, 2.05) is 50.2 Å². The molecule has 0 radical (unpaired) electrons. The van der Waals surface area contributed by atoms with Crippen LogP contribution in [0.2, 0.25) is 0 Å². The van der Waals surface area contributed by atoms with E-state index >= 15 is 0 Å². The second-order valence-corrected chi connectivity index (χ2v) is 6.83. The van der Waals surface area contributed by atoms with Gasteiger partial charge in [0.05, 0.1) is 34.2 Å². The van der Waals surface area contributed by atoms with Gasteiger partial charge in [-0.1, -0.05) is 42.5 Å². The molecular weight excluding hydrogens is 330 g/mol. The Hall–Kier alpha value is -3.07. The Bertz CT molecular complexity index is 1010. The van der Waals surface area contributed by atoms with E-state index in [1.165, 1.54) is 11.1 Å². The first-order chi connectivity index (χ1) is 13.0. The number of hydrogen-bond acceptors (Lipinski definition) is 3. The van der Waals surface area contributed by atoms with Crippen LogP contribution in [0.25, 0.3) is 0 Å². The van der Waals surface area contributed by atoms with Crippen molar-refractivity contribution in [3.05, 3.63) is 88.7 Å². The summed E-state index contributed by atoms with van der Waals surface area (Å²) in [4.78, 5) is 14.4. The van der Waals surface area contributed by atoms with E-state index in [2.05, 4.69) is 45.0 Å². The first kappa shape index (κ1) is 18.7. The van der Waals surface area contributed by atoms with E-state index in [1.54, 1.807) is 0 Å². The maximum absolute atomic E-state index is 4.84. The molecule has 1 heterocycles. The average molecular weight is 355 g/mol. The molecule has 3 aromatic rings. The Balaban J connectivity index is 1.96. The number of para-hydroxylation sites is 2. The number of aromatic nitrogens is 1. The van der Waals surface area contributed by atoms with Gasteiger partial charge in [0.25, 0.3) is 0 Å². The number of benzene rings is 2. The summed E-state index contributed by atoms with van der Waals surface area (Å²) in [6.45, 7) is 10.2. The lowest BCUT2D eigenvalue weighted by molar-refractivity contribution is 1.23. The van der Waals surface area contributed by atoms with Gasteiger partial charge < -0.3 is 0 Å². The van der Waals surface area contributed by atoms with Crippen molar-refractivity contribution in [2.75, 3.05) is 0 Å². The van der Waals surface area contributed by atoms with Crippen LogP contribution in [0.1, 0.15) is 41.9 Å². The van der Waals surface area contributed by atoms with Gasteiger partial charge in [0, 0.05) is 0 Å². The lowest BCUT2D eigenvalue weighted by atomic mass is 10.1. The lowest BCUT2D eigenvalue weighted by Crippen LogP contribution is -2.05. The summed E-state index contributed by atoms with van der Waals surface area (Å²) in [6, 6.07) is 20.4. The molecule has 0 aliphatic rings. The van der Waals surface area contributed by atoms with Crippen LogP contribution in [-0.4, -0.2) is 16.4 Å². The van der Waals surface area contributed by atoms with Gasteiger partial charge in [-0.2, -0.15) is 0 Å². The second-order valence-electron chi connectivity index (χ2n) is 6.83.